The fourth-order valence-corrected chi connectivity index (χ4v) is 5.00. The molecular formula is C24H29NO3S. The van der Waals surface area contributed by atoms with Gasteiger partial charge in [-0.1, -0.05) is 56.3 Å². The van der Waals surface area contributed by atoms with Crippen LogP contribution in [0.15, 0.2) is 59.5 Å². The molecule has 29 heavy (non-hydrogen) atoms. The lowest BCUT2D eigenvalue weighted by molar-refractivity contribution is 0.406. The van der Waals surface area contributed by atoms with Crippen molar-refractivity contribution in [2.75, 3.05) is 13.7 Å². The van der Waals surface area contributed by atoms with E-state index in [1.54, 1.807) is 26.2 Å². The predicted octanol–water partition coefficient (Wildman–Crippen LogP) is 5.19. The number of sulfonamides is 1. The van der Waals surface area contributed by atoms with Gasteiger partial charge in [-0.3, -0.25) is 0 Å². The summed E-state index contributed by atoms with van der Waals surface area (Å²) in [5, 5.41) is 2.44. The minimum Gasteiger partial charge on any atom is -0.496 e. The number of methoxy groups -OCH3 is 1. The van der Waals surface area contributed by atoms with E-state index in [1.807, 2.05) is 26.0 Å². The first kappa shape index (κ1) is 21.3. The molecule has 0 atom stereocenters. The maximum atomic E-state index is 12.9. The number of ether oxygens (including phenoxy) is 1. The fraction of sp³-hybridized carbons (Fsp3) is 0.333. The van der Waals surface area contributed by atoms with Gasteiger partial charge in [-0.2, -0.15) is 0 Å². The van der Waals surface area contributed by atoms with Crippen molar-refractivity contribution in [3.05, 3.63) is 71.3 Å². The van der Waals surface area contributed by atoms with Crippen molar-refractivity contribution in [2.24, 2.45) is 0 Å². The van der Waals surface area contributed by atoms with E-state index in [9.17, 15) is 8.42 Å². The summed E-state index contributed by atoms with van der Waals surface area (Å²) in [6.45, 7) is 6.26. The molecule has 0 saturated heterocycles. The second kappa shape index (κ2) is 8.97. The van der Waals surface area contributed by atoms with E-state index in [2.05, 4.69) is 35.1 Å². The fourth-order valence-electron chi connectivity index (χ4n) is 3.67. The number of fused-ring (bicyclic) bond motifs is 1. The first-order valence-corrected chi connectivity index (χ1v) is 11.5. The first-order valence-electron chi connectivity index (χ1n) is 9.98. The van der Waals surface area contributed by atoms with Crippen LogP contribution >= 0.6 is 0 Å². The zero-order valence-corrected chi connectivity index (χ0v) is 18.3. The van der Waals surface area contributed by atoms with Gasteiger partial charge in [0.05, 0.1) is 12.0 Å². The van der Waals surface area contributed by atoms with Crippen molar-refractivity contribution < 1.29 is 13.2 Å². The van der Waals surface area contributed by atoms with Gasteiger partial charge in [0.1, 0.15) is 5.75 Å². The van der Waals surface area contributed by atoms with Crippen molar-refractivity contribution in [3.63, 3.8) is 0 Å². The van der Waals surface area contributed by atoms with Crippen molar-refractivity contribution in [1.82, 2.24) is 4.72 Å². The third-order valence-corrected chi connectivity index (χ3v) is 6.84. The van der Waals surface area contributed by atoms with Crippen LogP contribution in [0, 0.1) is 6.92 Å². The molecule has 0 radical (unpaired) electrons. The van der Waals surface area contributed by atoms with Gasteiger partial charge in [0.25, 0.3) is 0 Å². The Bertz CT molecular complexity index is 1100. The van der Waals surface area contributed by atoms with E-state index in [-0.39, 0.29) is 5.92 Å². The molecule has 0 spiro atoms. The van der Waals surface area contributed by atoms with E-state index in [4.69, 9.17) is 4.74 Å². The van der Waals surface area contributed by atoms with Crippen LogP contribution in [0.4, 0.5) is 0 Å². The second-order valence-corrected chi connectivity index (χ2v) is 9.39. The van der Waals surface area contributed by atoms with E-state index in [0.717, 1.165) is 24.2 Å². The Balaban J connectivity index is 1.71. The molecule has 3 aromatic rings. The summed E-state index contributed by atoms with van der Waals surface area (Å²) in [7, 11) is -1.96. The Kier molecular flexibility index (Phi) is 6.60. The zero-order chi connectivity index (χ0) is 21.0. The lowest BCUT2D eigenvalue weighted by atomic mass is 10.0. The summed E-state index contributed by atoms with van der Waals surface area (Å²) < 4.78 is 34.0. The molecule has 0 saturated carbocycles. The van der Waals surface area contributed by atoms with Gasteiger partial charge in [-0.25, -0.2) is 13.1 Å². The topological polar surface area (TPSA) is 55.4 Å². The first-order chi connectivity index (χ1) is 13.8. The Hall–Kier alpha value is -2.37. The smallest absolute Gasteiger partial charge is 0.240 e. The van der Waals surface area contributed by atoms with Crippen LogP contribution in [0.25, 0.3) is 10.8 Å². The summed E-state index contributed by atoms with van der Waals surface area (Å²) in [5.41, 5.74) is 2.83. The van der Waals surface area contributed by atoms with Gasteiger partial charge < -0.3 is 4.74 Å². The third-order valence-electron chi connectivity index (χ3n) is 5.23. The van der Waals surface area contributed by atoms with Crippen molar-refractivity contribution >= 4 is 20.8 Å². The zero-order valence-electron chi connectivity index (χ0n) is 17.5. The largest absolute Gasteiger partial charge is 0.496 e. The molecule has 0 bridgehead atoms. The SMILES string of the molecule is COc1cc(C)c(S(=O)(=O)NCCCc2cccc3ccccc23)cc1C(C)C. The number of nitrogens with one attached hydrogen (secondary N) is 1. The van der Waals surface area contributed by atoms with Gasteiger partial charge in [0.2, 0.25) is 10.0 Å². The maximum Gasteiger partial charge on any atom is 0.240 e. The molecule has 4 nitrogen and oxygen atoms in total. The van der Waals surface area contributed by atoms with Gasteiger partial charge in [-0.05, 0) is 65.3 Å². The van der Waals surface area contributed by atoms with E-state index in [1.165, 1.54) is 16.3 Å². The highest BCUT2D eigenvalue weighted by molar-refractivity contribution is 7.89. The molecule has 1 N–H and O–H groups in total. The van der Waals surface area contributed by atoms with E-state index < -0.39 is 10.0 Å². The number of aryl methyl sites for hydroxylation is 2. The summed E-state index contributed by atoms with van der Waals surface area (Å²) in [6.07, 6.45) is 1.56. The summed E-state index contributed by atoms with van der Waals surface area (Å²) in [6, 6.07) is 18.1. The Morgan fingerprint density at radius 2 is 1.76 bits per heavy atom. The van der Waals surface area contributed by atoms with Gasteiger partial charge >= 0.3 is 0 Å². The predicted molar refractivity (Wildman–Crippen MR) is 119 cm³/mol. The lowest BCUT2D eigenvalue weighted by Gasteiger charge is -2.16. The van der Waals surface area contributed by atoms with E-state index in [0.29, 0.717) is 17.0 Å². The monoisotopic (exact) mass is 411 g/mol. The van der Waals surface area contributed by atoms with Crippen LogP contribution < -0.4 is 9.46 Å². The van der Waals surface area contributed by atoms with Crippen LogP contribution in [0.5, 0.6) is 5.75 Å². The van der Waals surface area contributed by atoms with Crippen LogP contribution in [0.3, 0.4) is 0 Å². The molecule has 3 aromatic carbocycles. The normalized spacial score (nSPS) is 11.9. The molecule has 0 fully saturated rings. The highest BCUT2D eigenvalue weighted by Gasteiger charge is 2.20. The van der Waals surface area contributed by atoms with Crippen molar-refractivity contribution in [1.29, 1.82) is 0 Å². The minimum atomic E-state index is -3.57. The summed E-state index contributed by atoms with van der Waals surface area (Å²) >= 11 is 0. The molecule has 5 heteroatoms. The quantitative estimate of drug-likeness (QED) is 0.519. The van der Waals surface area contributed by atoms with Gasteiger partial charge in [0, 0.05) is 6.54 Å². The molecule has 0 amide bonds. The standard InChI is InChI=1S/C24H29NO3S/c1-17(2)22-16-24(18(3)15-23(22)28-4)29(26,27)25-14-8-12-20-11-7-10-19-9-5-6-13-21(19)20/h5-7,9-11,13,15-17,25H,8,12,14H2,1-4H3. The molecule has 0 aliphatic carbocycles. The Morgan fingerprint density at radius 1 is 1.03 bits per heavy atom. The Morgan fingerprint density at radius 3 is 2.48 bits per heavy atom. The minimum absolute atomic E-state index is 0.172. The van der Waals surface area contributed by atoms with Gasteiger partial charge in [0.15, 0.2) is 0 Å². The number of hydrogen-bond donors (Lipinski definition) is 1. The molecule has 0 aromatic heterocycles. The molecule has 0 unspecified atom stereocenters. The average molecular weight is 412 g/mol. The molecule has 3 rings (SSSR count). The number of benzene rings is 3. The van der Waals surface area contributed by atoms with Crippen LogP contribution in [-0.2, 0) is 16.4 Å². The lowest BCUT2D eigenvalue weighted by Crippen LogP contribution is -2.26. The maximum absolute atomic E-state index is 12.9. The average Bonchev–Trinajstić information content (AvgIpc) is 2.70. The molecular weight excluding hydrogens is 382 g/mol. The van der Waals surface area contributed by atoms with Gasteiger partial charge in [-0.15, -0.1) is 0 Å². The van der Waals surface area contributed by atoms with Crippen LogP contribution in [0.1, 0.15) is 42.9 Å². The molecule has 0 aliphatic heterocycles. The highest BCUT2D eigenvalue weighted by atomic mass is 32.2. The third kappa shape index (κ3) is 4.80. The Labute approximate surface area is 174 Å². The number of hydrogen-bond acceptors (Lipinski definition) is 3. The second-order valence-electron chi connectivity index (χ2n) is 7.65. The van der Waals surface area contributed by atoms with Crippen molar-refractivity contribution in [3.8, 4) is 5.75 Å². The summed E-state index contributed by atoms with van der Waals surface area (Å²) in [4.78, 5) is 0.326. The molecule has 0 aliphatic rings. The van der Waals surface area contributed by atoms with E-state index >= 15 is 0 Å². The van der Waals surface area contributed by atoms with Crippen LogP contribution in [0.2, 0.25) is 0 Å². The molecule has 154 valence electrons. The highest BCUT2D eigenvalue weighted by Crippen LogP contribution is 2.31. The molecule has 0 heterocycles. The van der Waals surface area contributed by atoms with Crippen molar-refractivity contribution in [2.45, 2.75) is 44.4 Å². The number of rotatable bonds is 8. The summed E-state index contributed by atoms with van der Waals surface area (Å²) in [5.74, 6) is 0.901. The van der Waals surface area contributed by atoms with Crippen LogP contribution in [-0.4, -0.2) is 22.1 Å².